The molecule has 0 bridgehead atoms. The van der Waals surface area contributed by atoms with Gasteiger partial charge in [-0.15, -0.1) is 10.2 Å². The van der Waals surface area contributed by atoms with Gasteiger partial charge in [-0.05, 0) is 33.0 Å². The number of likely N-dealkylation sites (N-methyl/N-ethyl adjacent to an activating group) is 1. The Balaban J connectivity index is 1.49. The minimum absolute atomic E-state index is 0.292. The minimum atomic E-state index is -0.505. The van der Waals surface area contributed by atoms with E-state index in [0.29, 0.717) is 44.1 Å². The predicted octanol–water partition coefficient (Wildman–Crippen LogP) is 3.01. The average Bonchev–Trinajstić information content (AvgIpc) is 3.12. The van der Waals surface area contributed by atoms with Crippen molar-refractivity contribution in [3.8, 4) is 5.75 Å². The second-order valence-electron chi connectivity index (χ2n) is 8.19. The van der Waals surface area contributed by atoms with Crippen molar-refractivity contribution in [2.75, 3.05) is 27.2 Å². The van der Waals surface area contributed by atoms with Crippen LogP contribution in [0, 0.1) is 6.92 Å². The van der Waals surface area contributed by atoms with E-state index < -0.39 is 6.10 Å². The molecule has 29 heavy (non-hydrogen) atoms. The van der Waals surface area contributed by atoms with Gasteiger partial charge in [0.25, 0.3) is 0 Å². The van der Waals surface area contributed by atoms with Gasteiger partial charge in [0.2, 0.25) is 11.8 Å². The molecule has 0 aliphatic heterocycles. The zero-order valence-electron chi connectivity index (χ0n) is 17.9. The minimum Gasteiger partial charge on any atom is -0.491 e. The van der Waals surface area contributed by atoms with Crippen LogP contribution in [0.25, 0.3) is 0 Å². The van der Waals surface area contributed by atoms with E-state index in [1.54, 1.807) is 6.92 Å². The molecule has 3 rings (SSSR count). The number of hydrogen-bond donors (Lipinski definition) is 1. The van der Waals surface area contributed by atoms with Gasteiger partial charge in [0, 0.05) is 31.6 Å². The molecule has 1 saturated carbocycles. The smallest absolute Gasteiger partial charge is 0.230 e. The molecule has 1 fully saturated rings. The number of para-hydroxylation sites is 1. The lowest BCUT2D eigenvalue weighted by atomic mass is 9.94. The largest absolute Gasteiger partial charge is 0.491 e. The normalized spacial score (nSPS) is 16.5. The first-order chi connectivity index (χ1) is 14.0. The molecule has 0 radical (unpaired) electrons. The second-order valence-corrected chi connectivity index (χ2v) is 8.19. The highest BCUT2D eigenvalue weighted by Crippen LogP contribution is 2.23. The zero-order valence-corrected chi connectivity index (χ0v) is 17.9. The van der Waals surface area contributed by atoms with Crippen molar-refractivity contribution in [2.45, 2.75) is 64.3 Å². The van der Waals surface area contributed by atoms with Crippen LogP contribution in [0.4, 0.5) is 0 Å². The Hall–Kier alpha value is -1.96. The number of aromatic nitrogens is 2. The van der Waals surface area contributed by atoms with E-state index in [-0.39, 0.29) is 0 Å². The fourth-order valence-electron chi connectivity index (χ4n) is 4.00. The summed E-state index contributed by atoms with van der Waals surface area (Å²) in [5.74, 6) is 1.98. The molecule has 7 heteroatoms. The summed E-state index contributed by atoms with van der Waals surface area (Å²) >= 11 is 0. The number of hydrogen-bond acceptors (Lipinski definition) is 7. The third kappa shape index (κ3) is 6.80. The third-order valence-corrected chi connectivity index (χ3v) is 5.51. The van der Waals surface area contributed by atoms with Crippen LogP contribution < -0.4 is 4.74 Å². The number of ether oxygens (including phenoxy) is 1. The first-order valence-electron chi connectivity index (χ1n) is 10.6. The van der Waals surface area contributed by atoms with Gasteiger partial charge in [-0.1, -0.05) is 37.5 Å². The van der Waals surface area contributed by atoms with Crippen LogP contribution in [-0.2, 0) is 13.1 Å². The summed E-state index contributed by atoms with van der Waals surface area (Å²) in [6, 6.07) is 8.55. The molecule has 0 amide bonds. The van der Waals surface area contributed by atoms with Crippen LogP contribution >= 0.6 is 0 Å². The summed E-state index contributed by atoms with van der Waals surface area (Å²) in [4.78, 5) is 4.39. The van der Waals surface area contributed by atoms with Gasteiger partial charge in [-0.2, -0.15) is 0 Å². The van der Waals surface area contributed by atoms with Crippen LogP contribution in [0.15, 0.2) is 28.7 Å². The maximum Gasteiger partial charge on any atom is 0.230 e. The van der Waals surface area contributed by atoms with E-state index >= 15 is 0 Å². The fourth-order valence-corrected chi connectivity index (χ4v) is 4.00. The van der Waals surface area contributed by atoms with Gasteiger partial charge >= 0.3 is 0 Å². The van der Waals surface area contributed by atoms with Crippen molar-refractivity contribution in [1.82, 2.24) is 20.0 Å². The van der Waals surface area contributed by atoms with Crippen molar-refractivity contribution in [3.05, 3.63) is 41.6 Å². The molecule has 1 N–H and O–H groups in total. The van der Waals surface area contributed by atoms with Gasteiger partial charge in [0.1, 0.15) is 18.5 Å². The van der Waals surface area contributed by atoms with Crippen molar-refractivity contribution in [2.24, 2.45) is 0 Å². The molecule has 1 heterocycles. The molecule has 1 aliphatic carbocycles. The van der Waals surface area contributed by atoms with Crippen LogP contribution in [0.1, 0.15) is 49.4 Å². The van der Waals surface area contributed by atoms with Gasteiger partial charge in [-0.25, -0.2) is 0 Å². The lowest BCUT2D eigenvalue weighted by molar-refractivity contribution is 0.0556. The molecule has 160 valence electrons. The Kier molecular flexibility index (Phi) is 8.03. The Bertz CT molecular complexity index is 745. The molecule has 0 spiro atoms. The molecule has 0 saturated heterocycles. The van der Waals surface area contributed by atoms with Crippen LogP contribution in [0.2, 0.25) is 0 Å². The molecular weight excluding hydrogens is 368 g/mol. The van der Waals surface area contributed by atoms with Gasteiger partial charge in [-0.3, -0.25) is 4.90 Å². The zero-order chi connectivity index (χ0) is 20.6. The summed E-state index contributed by atoms with van der Waals surface area (Å²) in [6.07, 6.45) is 5.90. The highest BCUT2D eigenvalue weighted by molar-refractivity contribution is 5.33. The van der Waals surface area contributed by atoms with Gasteiger partial charge < -0.3 is 19.2 Å². The van der Waals surface area contributed by atoms with Crippen LogP contribution in [-0.4, -0.2) is 64.5 Å². The summed E-state index contributed by atoms with van der Waals surface area (Å²) < 4.78 is 11.4. The molecule has 7 nitrogen and oxygen atoms in total. The molecular formula is C22H34N4O3. The molecule has 2 aromatic rings. The number of nitrogens with zero attached hydrogens (tertiary/aromatic N) is 4. The highest BCUT2D eigenvalue weighted by atomic mass is 16.5. The third-order valence-electron chi connectivity index (χ3n) is 5.51. The van der Waals surface area contributed by atoms with Crippen molar-refractivity contribution in [1.29, 1.82) is 0 Å². The topological polar surface area (TPSA) is 74.9 Å². The van der Waals surface area contributed by atoms with E-state index in [4.69, 9.17) is 9.15 Å². The molecule has 1 aromatic carbocycles. The summed E-state index contributed by atoms with van der Waals surface area (Å²) in [5, 5.41) is 18.4. The average molecular weight is 403 g/mol. The molecule has 0 unspecified atom stereocenters. The van der Waals surface area contributed by atoms with E-state index in [2.05, 4.69) is 27.0 Å². The number of benzene rings is 1. The Morgan fingerprint density at radius 3 is 2.62 bits per heavy atom. The first kappa shape index (κ1) is 21.7. The predicted molar refractivity (Wildman–Crippen MR) is 112 cm³/mol. The lowest BCUT2D eigenvalue weighted by Gasteiger charge is -2.32. The molecule has 1 aliphatic rings. The number of aliphatic hydroxyl groups excluding tert-OH is 1. The van der Waals surface area contributed by atoms with Crippen molar-refractivity contribution in [3.63, 3.8) is 0 Å². The molecule has 1 aromatic heterocycles. The van der Waals surface area contributed by atoms with Crippen molar-refractivity contribution >= 4 is 0 Å². The van der Waals surface area contributed by atoms with Gasteiger partial charge in [0.05, 0.1) is 6.54 Å². The standard InChI is InChI=1S/C22H34N4O3/c1-17-23-24-22(29-17)15-25(2)13-18-9-7-8-12-21(18)28-16-20(27)14-26(3)19-10-5-4-6-11-19/h7-9,12,19-20,27H,4-6,10-11,13-16H2,1-3H3/t20-/m1/s1. The van der Waals surface area contributed by atoms with E-state index in [9.17, 15) is 5.11 Å². The maximum atomic E-state index is 10.5. The second kappa shape index (κ2) is 10.7. The summed E-state index contributed by atoms with van der Waals surface area (Å²) in [7, 11) is 4.12. The quantitative estimate of drug-likeness (QED) is 0.655. The Morgan fingerprint density at radius 1 is 1.14 bits per heavy atom. The number of aliphatic hydroxyl groups is 1. The van der Waals surface area contributed by atoms with Crippen LogP contribution in [0.5, 0.6) is 5.75 Å². The number of aryl methyl sites for hydroxylation is 1. The Morgan fingerprint density at radius 2 is 1.90 bits per heavy atom. The van der Waals surface area contributed by atoms with E-state index in [1.165, 1.54) is 32.1 Å². The molecule has 1 atom stereocenters. The van der Waals surface area contributed by atoms with Crippen molar-refractivity contribution < 1.29 is 14.3 Å². The van der Waals surface area contributed by atoms with Gasteiger partial charge in [0.15, 0.2) is 0 Å². The first-order valence-corrected chi connectivity index (χ1v) is 10.6. The highest BCUT2D eigenvalue weighted by Gasteiger charge is 2.20. The monoisotopic (exact) mass is 402 g/mol. The van der Waals surface area contributed by atoms with E-state index in [0.717, 1.165) is 11.3 Å². The fraction of sp³-hybridized carbons (Fsp3) is 0.636. The summed E-state index contributed by atoms with van der Waals surface area (Å²) in [5.41, 5.74) is 1.07. The SMILES string of the molecule is Cc1nnc(CN(C)Cc2ccccc2OC[C@H](O)CN(C)C2CCCCC2)o1. The lowest BCUT2D eigenvalue weighted by Crippen LogP contribution is -2.40. The number of rotatable bonds is 10. The van der Waals surface area contributed by atoms with E-state index in [1.807, 2.05) is 31.3 Å². The van der Waals surface area contributed by atoms with Crippen LogP contribution in [0.3, 0.4) is 0 Å². The Labute approximate surface area is 173 Å². The summed E-state index contributed by atoms with van der Waals surface area (Å²) in [6.45, 7) is 3.99. The maximum absolute atomic E-state index is 10.5.